The molecule has 28 heavy (non-hydrogen) atoms. The Morgan fingerprint density at radius 2 is 1.43 bits per heavy atom. The van der Waals surface area contributed by atoms with Crippen molar-refractivity contribution in [1.29, 1.82) is 0 Å². The van der Waals surface area contributed by atoms with E-state index in [4.69, 9.17) is 0 Å². The van der Waals surface area contributed by atoms with Gasteiger partial charge in [-0.25, -0.2) is 4.98 Å². The SMILES string of the molecule is FC(F)(F)c1ccccc1-c1nc2c(s1)N(c1ccccc1C(F)(F)F)CS2. The highest BCUT2D eigenvalue weighted by Crippen LogP contribution is 2.51. The van der Waals surface area contributed by atoms with Crippen LogP contribution in [-0.2, 0) is 12.4 Å². The van der Waals surface area contributed by atoms with E-state index in [-0.39, 0.29) is 22.1 Å². The average molecular weight is 432 g/mol. The molecule has 0 bridgehead atoms. The van der Waals surface area contributed by atoms with E-state index in [0.29, 0.717) is 10.0 Å². The Kier molecular flexibility index (Phi) is 4.58. The molecule has 0 spiro atoms. The molecule has 4 rings (SSSR count). The van der Waals surface area contributed by atoms with Gasteiger partial charge in [0.05, 0.1) is 22.7 Å². The van der Waals surface area contributed by atoms with Crippen molar-refractivity contribution in [2.45, 2.75) is 17.4 Å². The number of nitrogens with zero attached hydrogens (tertiary/aromatic N) is 2. The molecule has 1 aliphatic rings. The number of alkyl halides is 6. The first kappa shape index (κ1) is 19.1. The topological polar surface area (TPSA) is 16.1 Å². The van der Waals surface area contributed by atoms with Gasteiger partial charge in [0.2, 0.25) is 0 Å². The van der Waals surface area contributed by atoms with Crippen LogP contribution in [0.1, 0.15) is 11.1 Å². The molecule has 0 N–H and O–H groups in total. The first-order valence-electron chi connectivity index (χ1n) is 7.90. The lowest BCUT2D eigenvalue weighted by atomic mass is 10.1. The molecule has 2 nitrogen and oxygen atoms in total. The van der Waals surface area contributed by atoms with Crippen LogP contribution in [0.2, 0.25) is 0 Å². The minimum atomic E-state index is -4.55. The van der Waals surface area contributed by atoms with Crippen LogP contribution in [0.25, 0.3) is 10.6 Å². The monoisotopic (exact) mass is 432 g/mol. The summed E-state index contributed by atoms with van der Waals surface area (Å²) in [6.45, 7) is 0. The van der Waals surface area contributed by atoms with E-state index in [1.165, 1.54) is 53.1 Å². The fourth-order valence-corrected chi connectivity index (χ4v) is 5.27. The highest BCUT2D eigenvalue weighted by molar-refractivity contribution is 8.00. The van der Waals surface area contributed by atoms with Gasteiger partial charge in [-0.1, -0.05) is 53.4 Å². The molecule has 1 aliphatic heterocycles. The van der Waals surface area contributed by atoms with Gasteiger partial charge in [-0.3, -0.25) is 0 Å². The summed E-state index contributed by atoms with van der Waals surface area (Å²) in [4.78, 5) is 5.71. The van der Waals surface area contributed by atoms with Crippen LogP contribution in [0, 0.1) is 0 Å². The van der Waals surface area contributed by atoms with Gasteiger partial charge in [0.25, 0.3) is 0 Å². The Bertz CT molecular complexity index is 1030. The van der Waals surface area contributed by atoms with Crippen molar-refractivity contribution in [3.8, 4) is 10.6 Å². The Hall–Kier alpha value is -2.20. The Labute approximate surface area is 163 Å². The van der Waals surface area contributed by atoms with E-state index in [0.717, 1.165) is 23.5 Å². The van der Waals surface area contributed by atoms with Gasteiger partial charge in [-0.05, 0) is 18.2 Å². The van der Waals surface area contributed by atoms with Crippen LogP contribution < -0.4 is 4.90 Å². The molecule has 0 unspecified atom stereocenters. The van der Waals surface area contributed by atoms with Crippen LogP contribution in [-0.4, -0.2) is 10.9 Å². The second-order valence-electron chi connectivity index (χ2n) is 5.89. The summed E-state index contributed by atoms with van der Waals surface area (Å²) < 4.78 is 80.0. The van der Waals surface area contributed by atoms with Crippen LogP contribution in [0.3, 0.4) is 0 Å². The number of benzene rings is 2. The van der Waals surface area contributed by atoms with Gasteiger partial charge >= 0.3 is 12.4 Å². The maximum absolute atomic E-state index is 13.4. The van der Waals surface area contributed by atoms with Gasteiger partial charge in [-0.2, -0.15) is 26.3 Å². The molecule has 0 amide bonds. The van der Waals surface area contributed by atoms with E-state index in [9.17, 15) is 26.3 Å². The zero-order chi connectivity index (χ0) is 20.1. The molecule has 0 radical (unpaired) electrons. The van der Waals surface area contributed by atoms with Crippen LogP contribution in [0.5, 0.6) is 0 Å². The standard InChI is InChI=1S/C18H10F6N2S2/c19-17(20,21)11-6-2-1-5-10(11)14-25-15-16(28-14)26(9-27-15)13-8-4-3-7-12(13)18(22,23)24/h1-8H,9H2. The smallest absolute Gasteiger partial charge is 0.320 e. The number of thioether (sulfide) groups is 1. The van der Waals surface area contributed by atoms with Gasteiger partial charge in [0.1, 0.15) is 15.0 Å². The summed E-state index contributed by atoms with van der Waals surface area (Å²) in [7, 11) is 0. The molecule has 0 atom stereocenters. The quantitative estimate of drug-likeness (QED) is 0.404. The van der Waals surface area contributed by atoms with Crippen molar-refractivity contribution in [3.05, 3.63) is 59.7 Å². The summed E-state index contributed by atoms with van der Waals surface area (Å²) in [5, 5.41) is 0.960. The normalized spacial score (nSPS) is 14.4. The molecular weight excluding hydrogens is 422 g/mol. The van der Waals surface area contributed by atoms with Crippen LogP contribution in [0.4, 0.5) is 37.0 Å². The van der Waals surface area contributed by atoms with Crippen molar-refractivity contribution < 1.29 is 26.3 Å². The minimum absolute atomic E-state index is 0.0412. The van der Waals surface area contributed by atoms with Crippen molar-refractivity contribution in [1.82, 2.24) is 4.98 Å². The summed E-state index contributed by atoms with van der Waals surface area (Å²) in [5.74, 6) is 0.211. The van der Waals surface area contributed by atoms with Gasteiger partial charge < -0.3 is 4.90 Å². The minimum Gasteiger partial charge on any atom is -0.320 e. The molecule has 0 saturated carbocycles. The van der Waals surface area contributed by atoms with Crippen molar-refractivity contribution in [2.75, 3.05) is 10.8 Å². The highest BCUT2D eigenvalue weighted by atomic mass is 32.2. The number of rotatable bonds is 2. The molecule has 0 saturated heterocycles. The third-order valence-corrected chi connectivity index (χ3v) is 6.30. The van der Waals surface area contributed by atoms with Gasteiger partial charge in [-0.15, -0.1) is 0 Å². The molecule has 10 heteroatoms. The summed E-state index contributed by atoms with van der Waals surface area (Å²) in [6.07, 6.45) is -9.09. The first-order valence-corrected chi connectivity index (χ1v) is 9.70. The van der Waals surface area contributed by atoms with Crippen molar-refractivity contribution in [3.63, 3.8) is 0 Å². The first-order chi connectivity index (χ1) is 13.2. The largest absolute Gasteiger partial charge is 0.418 e. The number of para-hydroxylation sites is 1. The second kappa shape index (κ2) is 6.70. The predicted molar refractivity (Wildman–Crippen MR) is 96.9 cm³/mol. The number of hydrogen-bond acceptors (Lipinski definition) is 4. The van der Waals surface area contributed by atoms with Crippen LogP contribution in [0.15, 0.2) is 53.6 Å². The lowest BCUT2D eigenvalue weighted by molar-refractivity contribution is -0.137. The van der Waals surface area contributed by atoms with E-state index < -0.39 is 23.5 Å². The molecule has 2 aromatic carbocycles. The molecule has 0 fully saturated rings. The fourth-order valence-electron chi connectivity index (χ4n) is 2.91. The van der Waals surface area contributed by atoms with Crippen molar-refractivity contribution in [2.24, 2.45) is 0 Å². The number of thiazole rings is 1. The Balaban J connectivity index is 1.79. The molecule has 1 aromatic heterocycles. The van der Waals surface area contributed by atoms with E-state index in [2.05, 4.69) is 4.98 Å². The molecular formula is C18H10F6N2S2. The number of halogens is 6. The zero-order valence-electron chi connectivity index (χ0n) is 13.8. The van der Waals surface area contributed by atoms with Gasteiger partial charge in [0.15, 0.2) is 0 Å². The number of anilines is 2. The number of fused-ring (bicyclic) bond motifs is 1. The third kappa shape index (κ3) is 3.35. The maximum atomic E-state index is 13.4. The highest BCUT2D eigenvalue weighted by Gasteiger charge is 2.38. The van der Waals surface area contributed by atoms with E-state index in [1.807, 2.05) is 0 Å². The molecule has 146 valence electrons. The predicted octanol–water partition coefficient (Wildman–Crippen LogP) is 7.05. The summed E-state index contributed by atoms with van der Waals surface area (Å²) >= 11 is 2.15. The van der Waals surface area contributed by atoms with E-state index >= 15 is 0 Å². The molecule has 3 aromatic rings. The molecule has 2 heterocycles. The molecule has 0 aliphatic carbocycles. The summed E-state index contributed by atoms with van der Waals surface area (Å²) in [6, 6.07) is 10.2. The lowest BCUT2D eigenvalue weighted by Gasteiger charge is -2.21. The Morgan fingerprint density at radius 1 is 0.821 bits per heavy atom. The van der Waals surface area contributed by atoms with Crippen LogP contribution >= 0.6 is 23.1 Å². The number of aromatic nitrogens is 1. The Morgan fingerprint density at radius 3 is 2.11 bits per heavy atom. The third-order valence-electron chi connectivity index (χ3n) is 4.12. The van der Waals surface area contributed by atoms with E-state index in [1.54, 1.807) is 0 Å². The van der Waals surface area contributed by atoms with Crippen molar-refractivity contribution >= 4 is 33.8 Å². The van der Waals surface area contributed by atoms with Gasteiger partial charge in [0, 0.05) is 5.56 Å². The average Bonchev–Trinajstić information content (AvgIpc) is 3.21. The fraction of sp³-hybridized carbons (Fsp3) is 0.167. The lowest BCUT2D eigenvalue weighted by Crippen LogP contribution is -2.17. The zero-order valence-corrected chi connectivity index (χ0v) is 15.4. The maximum Gasteiger partial charge on any atom is 0.418 e. The second-order valence-corrected chi connectivity index (χ2v) is 7.80. The summed E-state index contributed by atoms with van der Waals surface area (Å²) in [5.41, 5.74) is -1.75. The number of hydrogen-bond donors (Lipinski definition) is 0.